The summed E-state index contributed by atoms with van der Waals surface area (Å²) in [6.07, 6.45) is 1.13. The van der Waals surface area contributed by atoms with Gasteiger partial charge in [0.1, 0.15) is 0 Å². The zero-order valence-corrected chi connectivity index (χ0v) is 11.2. The third-order valence-electron chi connectivity index (χ3n) is 2.05. The molecule has 1 rings (SSSR count). The Hall–Kier alpha value is 1.19. The molecule has 0 aromatic heterocycles. The Morgan fingerprint density at radius 2 is 1.69 bits per heavy atom. The van der Waals surface area contributed by atoms with Crippen molar-refractivity contribution in [1.29, 1.82) is 0 Å². The summed E-state index contributed by atoms with van der Waals surface area (Å²) in [5.41, 5.74) is 0.556. The van der Waals surface area contributed by atoms with Gasteiger partial charge in [-0.25, -0.2) is 0 Å². The van der Waals surface area contributed by atoms with Gasteiger partial charge in [-0.15, -0.1) is 11.5 Å². The van der Waals surface area contributed by atoms with Gasteiger partial charge in [-0.3, -0.25) is 0 Å². The SMILES string of the molecule is CN1CCC(=C[B-](F)(F)F)CC1.[K+]. The first-order valence-electron chi connectivity index (χ1n) is 4.06. The van der Waals surface area contributed by atoms with Crippen LogP contribution in [0.3, 0.4) is 0 Å². The van der Waals surface area contributed by atoms with E-state index < -0.39 is 6.98 Å². The van der Waals surface area contributed by atoms with Crippen LogP contribution in [-0.2, 0) is 0 Å². The van der Waals surface area contributed by atoms with E-state index in [0.717, 1.165) is 13.1 Å². The van der Waals surface area contributed by atoms with Gasteiger partial charge in [-0.2, -0.15) is 0 Å². The first-order chi connectivity index (χ1) is 5.47. The molecule has 0 unspecified atom stereocenters. The first kappa shape index (κ1) is 14.2. The molecule has 0 N–H and O–H groups in total. The van der Waals surface area contributed by atoms with Crippen LogP contribution in [0.1, 0.15) is 12.8 Å². The van der Waals surface area contributed by atoms with Crippen molar-refractivity contribution in [2.75, 3.05) is 20.1 Å². The Labute approximate surface area is 119 Å². The average Bonchev–Trinajstić information content (AvgIpc) is 1.91. The number of hydrogen-bond acceptors (Lipinski definition) is 1. The number of hydrogen-bond donors (Lipinski definition) is 0. The van der Waals surface area contributed by atoms with E-state index in [2.05, 4.69) is 0 Å². The second-order valence-corrected chi connectivity index (χ2v) is 3.25. The van der Waals surface area contributed by atoms with Crippen LogP contribution >= 0.6 is 0 Å². The third kappa shape index (κ3) is 6.30. The molecule has 6 heteroatoms. The molecule has 0 atom stereocenters. The van der Waals surface area contributed by atoms with Crippen LogP contribution in [0.2, 0.25) is 0 Å². The van der Waals surface area contributed by atoms with E-state index in [1.807, 2.05) is 11.9 Å². The van der Waals surface area contributed by atoms with Crippen molar-refractivity contribution in [2.24, 2.45) is 0 Å². The molecule has 13 heavy (non-hydrogen) atoms. The van der Waals surface area contributed by atoms with Crippen LogP contribution < -0.4 is 51.4 Å². The van der Waals surface area contributed by atoms with Gasteiger partial charge in [0.25, 0.3) is 0 Å². The molecule has 0 spiro atoms. The summed E-state index contributed by atoms with van der Waals surface area (Å²) in [6.45, 7) is -3.23. The van der Waals surface area contributed by atoms with Crippen molar-refractivity contribution in [3.63, 3.8) is 0 Å². The zero-order chi connectivity index (χ0) is 9.19. The maximum Gasteiger partial charge on any atom is 1.00 e. The van der Waals surface area contributed by atoms with Crippen molar-refractivity contribution >= 4 is 6.98 Å². The summed E-state index contributed by atoms with van der Waals surface area (Å²) in [6, 6.07) is 0. The summed E-state index contributed by atoms with van der Waals surface area (Å²) < 4.78 is 35.7. The molecule has 0 aromatic rings. The van der Waals surface area contributed by atoms with Crippen LogP contribution in [0.5, 0.6) is 0 Å². The number of nitrogens with zero attached hydrogens (tertiary/aromatic N) is 1. The molecule has 1 nitrogen and oxygen atoms in total. The predicted octanol–water partition coefficient (Wildman–Crippen LogP) is -0.971. The molecule has 1 heterocycles. The maximum absolute atomic E-state index is 11.9. The number of likely N-dealkylation sites (tertiary alicyclic amines) is 1. The second kappa shape index (κ2) is 5.92. The molecule has 1 aliphatic heterocycles. The molecule has 0 radical (unpaired) electrons. The molecule has 0 amide bonds. The zero-order valence-electron chi connectivity index (χ0n) is 8.06. The first-order valence-corrected chi connectivity index (χ1v) is 4.06. The van der Waals surface area contributed by atoms with Gasteiger partial charge in [-0.1, -0.05) is 0 Å². The normalized spacial score (nSPS) is 19.5. The molecule has 0 saturated carbocycles. The van der Waals surface area contributed by atoms with Crippen molar-refractivity contribution in [2.45, 2.75) is 12.8 Å². The minimum absolute atomic E-state index is 0. The van der Waals surface area contributed by atoms with Crippen molar-refractivity contribution in [3.8, 4) is 0 Å². The molecular weight excluding hydrogens is 205 g/mol. The van der Waals surface area contributed by atoms with E-state index in [1.54, 1.807) is 0 Å². The van der Waals surface area contributed by atoms with Gasteiger partial charge in [-0.05, 0) is 19.9 Å². The van der Waals surface area contributed by atoms with Crippen LogP contribution in [0, 0.1) is 0 Å². The van der Waals surface area contributed by atoms with Gasteiger partial charge in [0, 0.05) is 13.1 Å². The smallest absolute Gasteiger partial charge is 0.445 e. The van der Waals surface area contributed by atoms with Crippen LogP contribution in [0.15, 0.2) is 11.5 Å². The summed E-state index contributed by atoms with van der Waals surface area (Å²) in [5, 5.41) is 0. The Morgan fingerprint density at radius 3 is 2.08 bits per heavy atom. The fourth-order valence-electron chi connectivity index (χ4n) is 1.34. The summed E-state index contributed by atoms with van der Waals surface area (Å²) in [4.78, 5) is 2.04. The van der Waals surface area contributed by atoms with E-state index in [0.29, 0.717) is 24.4 Å². The van der Waals surface area contributed by atoms with Gasteiger partial charge < -0.3 is 17.8 Å². The predicted molar refractivity (Wildman–Crippen MR) is 43.9 cm³/mol. The van der Waals surface area contributed by atoms with E-state index in [9.17, 15) is 12.9 Å². The number of halogens is 3. The largest absolute Gasteiger partial charge is 1.00 e. The minimum atomic E-state index is -4.72. The van der Waals surface area contributed by atoms with Gasteiger partial charge >= 0.3 is 58.4 Å². The Balaban J connectivity index is 0.00000144. The van der Waals surface area contributed by atoms with E-state index >= 15 is 0 Å². The van der Waals surface area contributed by atoms with Crippen LogP contribution in [0.25, 0.3) is 0 Å². The van der Waals surface area contributed by atoms with Gasteiger partial charge in [0.2, 0.25) is 0 Å². The van der Waals surface area contributed by atoms with Crippen LogP contribution in [0.4, 0.5) is 12.9 Å². The van der Waals surface area contributed by atoms with E-state index in [1.165, 1.54) is 0 Å². The Bertz CT molecular complexity index is 183. The second-order valence-electron chi connectivity index (χ2n) is 3.25. The van der Waals surface area contributed by atoms with Gasteiger partial charge in [0.15, 0.2) is 0 Å². The number of piperidine rings is 1. The Kier molecular flexibility index (Phi) is 6.47. The summed E-state index contributed by atoms with van der Waals surface area (Å²) in [5.74, 6) is 0.507. The minimum Gasteiger partial charge on any atom is -0.445 e. The molecule has 0 bridgehead atoms. The summed E-state index contributed by atoms with van der Waals surface area (Å²) in [7, 11) is 1.93. The number of rotatable bonds is 1. The quantitative estimate of drug-likeness (QED) is 0.511. The maximum atomic E-state index is 11.9. The van der Waals surface area contributed by atoms with E-state index in [4.69, 9.17) is 0 Å². The standard InChI is InChI=1S/C7H12BF3N.K/c1-12-4-2-7(3-5-12)6-8(9,10)11;/h6H,2-5H2,1H3;/q-1;+1. The molecule has 0 aliphatic carbocycles. The fraction of sp³-hybridized carbons (Fsp3) is 0.714. The molecule has 70 valence electrons. The molecule has 0 aromatic carbocycles. The third-order valence-corrected chi connectivity index (χ3v) is 2.05. The van der Waals surface area contributed by atoms with Crippen LogP contribution in [-0.4, -0.2) is 32.0 Å². The summed E-state index contributed by atoms with van der Waals surface area (Å²) >= 11 is 0. The molecule has 1 saturated heterocycles. The Morgan fingerprint density at radius 1 is 1.23 bits per heavy atom. The molecular formula is C7H12BF3KN. The van der Waals surface area contributed by atoms with Crippen molar-refractivity contribution in [1.82, 2.24) is 4.90 Å². The molecule has 1 fully saturated rings. The van der Waals surface area contributed by atoms with Crippen molar-refractivity contribution in [3.05, 3.63) is 11.5 Å². The average molecular weight is 217 g/mol. The van der Waals surface area contributed by atoms with Crippen molar-refractivity contribution < 1.29 is 64.3 Å². The fourth-order valence-corrected chi connectivity index (χ4v) is 1.34. The van der Waals surface area contributed by atoms with E-state index in [-0.39, 0.29) is 51.4 Å². The van der Waals surface area contributed by atoms with Gasteiger partial charge in [0.05, 0.1) is 0 Å². The monoisotopic (exact) mass is 217 g/mol. The topological polar surface area (TPSA) is 3.24 Å². The molecule has 1 aliphatic rings.